The van der Waals surface area contributed by atoms with Gasteiger partial charge in [-0.3, -0.25) is 9.59 Å². The van der Waals surface area contributed by atoms with Crippen molar-refractivity contribution in [3.63, 3.8) is 0 Å². The molecule has 0 saturated heterocycles. The molecule has 6 heteroatoms. The first-order valence-corrected chi connectivity index (χ1v) is 27.6. The molecule has 6 nitrogen and oxygen atoms in total. The second-order valence-corrected chi connectivity index (χ2v) is 18.9. The first kappa shape index (κ1) is 60.3. The quantitative estimate of drug-likeness (QED) is 0.0321. The van der Waals surface area contributed by atoms with Gasteiger partial charge in [-0.2, -0.15) is 0 Å². The number of aliphatic hydroxyl groups excluding tert-OH is 2. The largest absolute Gasteiger partial charge is 0.466 e. The van der Waals surface area contributed by atoms with Crippen molar-refractivity contribution in [1.29, 1.82) is 0 Å². The normalized spacial score (nSPS) is 12.8. The van der Waals surface area contributed by atoms with Gasteiger partial charge in [0.25, 0.3) is 0 Å². The van der Waals surface area contributed by atoms with E-state index >= 15 is 0 Å². The van der Waals surface area contributed by atoms with Crippen LogP contribution >= 0.6 is 0 Å². The summed E-state index contributed by atoms with van der Waals surface area (Å²) < 4.78 is 5.43. The molecule has 3 N–H and O–H groups in total. The zero-order valence-electron chi connectivity index (χ0n) is 41.6. The molecule has 0 heterocycles. The average Bonchev–Trinajstić information content (AvgIpc) is 3.27. The maximum absolute atomic E-state index is 12.5. The molecule has 0 bridgehead atoms. The van der Waals surface area contributed by atoms with Crippen LogP contribution in [0.2, 0.25) is 0 Å². The second kappa shape index (κ2) is 52.0. The molecule has 1 amide bonds. The van der Waals surface area contributed by atoms with Crippen molar-refractivity contribution in [3.05, 3.63) is 24.3 Å². The smallest absolute Gasteiger partial charge is 0.305 e. The van der Waals surface area contributed by atoms with Crippen molar-refractivity contribution in [2.75, 3.05) is 13.2 Å². The van der Waals surface area contributed by atoms with Gasteiger partial charge in [0.15, 0.2) is 0 Å². The van der Waals surface area contributed by atoms with E-state index in [1.807, 2.05) is 6.08 Å². The Bertz CT molecular complexity index is 966. The Morgan fingerprint density at radius 3 is 1.15 bits per heavy atom. The fraction of sp³-hybridized carbons (Fsp3) is 0.893. The van der Waals surface area contributed by atoms with Crippen molar-refractivity contribution >= 4 is 11.9 Å². The monoisotopic (exact) mass is 874 g/mol. The van der Waals surface area contributed by atoms with Crippen molar-refractivity contribution < 1.29 is 24.5 Å². The molecule has 0 aromatic heterocycles. The van der Waals surface area contributed by atoms with Gasteiger partial charge in [0.1, 0.15) is 0 Å². The van der Waals surface area contributed by atoms with Gasteiger partial charge in [-0.25, -0.2) is 0 Å². The Morgan fingerprint density at radius 1 is 0.435 bits per heavy atom. The number of rotatable bonds is 51. The maximum Gasteiger partial charge on any atom is 0.305 e. The van der Waals surface area contributed by atoms with Crippen LogP contribution in [0.5, 0.6) is 0 Å². The van der Waals surface area contributed by atoms with Crippen LogP contribution in [0.25, 0.3) is 0 Å². The highest BCUT2D eigenvalue weighted by molar-refractivity contribution is 5.76. The molecule has 0 rings (SSSR count). The molecule has 0 fully saturated rings. The van der Waals surface area contributed by atoms with Crippen molar-refractivity contribution in [1.82, 2.24) is 5.32 Å². The molecule has 62 heavy (non-hydrogen) atoms. The van der Waals surface area contributed by atoms with Crippen molar-refractivity contribution in [3.8, 4) is 0 Å². The van der Waals surface area contributed by atoms with Crippen LogP contribution in [0.3, 0.4) is 0 Å². The van der Waals surface area contributed by atoms with Crippen molar-refractivity contribution in [2.24, 2.45) is 0 Å². The third-order valence-electron chi connectivity index (χ3n) is 12.7. The maximum atomic E-state index is 12.5. The van der Waals surface area contributed by atoms with E-state index < -0.39 is 12.1 Å². The Morgan fingerprint density at radius 2 is 0.758 bits per heavy atom. The van der Waals surface area contributed by atoms with Crippen LogP contribution in [0.15, 0.2) is 24.3 Å². The van der Waals surface area contributed by atoms with Crippen LogP contribution in [-0.4, -0.2) is 47.4 Å². The summed E-state index contributed by atoms with van der Waals surface area (Å²) >= 11 is 0. The lowest BCUT2D eigenvalue weighted by atomic mass is 10.0. The van der Waals surface area contributed by atoms with E-state index in [-0.39, 0.29) is 18.5 Å². The highest BCUT2D eigenvalue weighted by Gasteiger charge is 2.18. The number of hydrogen-bond donors (Lipinski definition) is 3. The highest BCUT2D eigenvalue weighted by atomic mass is 16.5. The molecule has 2 atom stereocenters. The van der Waals surface area contributed by atoms with Gasteiger partial charge in [0.05, 0.1) is 25.4 Å². The van der Waals surface area contributed by atoms with Gasteiger partial charge in [-0.15, -0.1) is 0 Å². The van der Waals surface area contributed by atoms with Crippen LogP contribution in [0.4, 0.5) is 0 Å². The molecule has 0 aliphatic heterocycles. The summed E-state index contributed by atoms with van der Waals surface area (Å²) in [7, 11) is 0. The molecule has 0 radical (unpaired) electrons. The summed E-state index contributed by atoms with van der Waals surface area (Å²) in [6.45, 7) is 4.83. The van der Waals surface area contributed by atoms with Gasteiger partial charge in [0, 0.05) is 12.8 Å². The summed E-state index contributed by atoms with van der Waals surface area (Å²) in [6.07, 6.45) is 61.9. The summed E-state index contributed by atoms with van der Waals surface area (Å²) in [5, 5.41) is 23.1. The fourth-order valence-electron chi connectivity index (χ4n) is 8.45. The predicted octanol–water partition coefficient (Wildman–Crippen LogP) is 16.7. The van der Waals surface area contributed by atoms with Crippen molar-refractivity contribution in [2.45, 2.75) is 309 Å². The summed E-state index contributed by atoms with van der Waals surface area (Å²) in [4.78, 5) is 24.5. The summed E-state index contributed by atoms with van der Waals surface area (Å²) in [6, 6.07) is -0.653. The van der Waals surface area contributed by atoms with Crippen LogP contribution in [-0.2, 0) is 14.3 Å². The standard InChI is InChI=1S/C56H107NO5/c1-3-5-7-9-11-13-15-17-19-20-21-22-23-24-25-26-28-32-36-40-44-48-54(59)53(52-58)57-55(60)49-45-41-37-33-30-31-35-39-43-47-51-62-56(61)50-46-42-38-34-29-27-18-16-14-12-10-8-6-4-2/h31,35,44,48,53-54,58-59H,3-30,32-34,36-43,45-47,49-52H2,1-2H3,(H,57,60)/b35-31-,48-44+. The number of carbonyl (C=O) groups is 2. The molecule has 0 aliphatic rings. The zero-order chi connectivity index (χ0) is 45.1. The topological polar surface area (TPSA) is 95.9 Å². The second-order valence-electron chi connectivity index (χ2n) is 18.9. The van der Waals surface area contributed by atoms with Gasteiger partial charge < -0.3 is 20.3 Å². The third kappa shape index (κ3) is 47.8. The zero-order valence-corrected chi connectivity index (χ0v) is 41.6. The van der Waals surface area contributed by atoms with E-state index in [1.165, 1.54) is 193 Å². The van der Waals surface area contributed by atoms with E-state index in [0.29, 0.717) is 19.4 Å². The Labute approximate surface area is 386 Å². The summed E-state index contributed by atoms with van der Waals surface area (Å²) in [5.41, 5.74) is 0. The molecule has 0 aliphatic carbocycles. The predicted molar refractivity (Wildman–Crippen MR) is 269 cm³/mol. The number of nitrogens with one attached hydrogen (secondary N) is 1. The molecule has 2 unspecified atom stereocenters. The lowest BCUT2D eigenvalue weighted by molar-refractivity contribution is -0.143. The fourth-order valence-corrected chi connectivity index (χ4v) is 8.45. The minimum absolute atomic E-state index is 0.0358. The van der Waals surface area contributed by atoms with E-state index in [0.717, 1.165) is 77.0 Å². The Balaban J connectivity index is 3.55. The number of hydrogen-bond acceptors (Lipinski definition) is 5. The highest BCUT2D eigenvalue weighted by Crippen LogP contribution is 2.17. The van der Waals surface area contributed by atoms with Crippen LogP contribution in [0.1, 0.15) is 296 Å². The van der Waals surface area contributed by atoms with E-state index in [9.17, 15) is 19.8 Å². The first-order chi connectivity index (χ1) is 30.5. The van der Waals surface area contributed by atoms with Crippen LogP contribution < -0.4 is 5.32 Å². The average molecular weight is 874 g/mol. The lowest BCUT2D eigenvalue weighted by Crippen LogP contribution is -2.45. The molecular formula is C56H107NO5. The number of aliphatic hydroxyl groups is 2. The van der Waals surface area contributed by atoms with Gasteiger partial charge in [0.2, 0.25) is 5.91 Å². The minimum Gasteiger partial charge on any atom is -0.466 e. The number of ether oxygens (including phenoxy) is 1. The van der Waals surface area contributed by atoms with E-state index in [2.05, 4.69) is 31.3 Å². The molecular weight excluding hydrogens is 767 g/mol. The first-order valence-electron chi connectivity index (χ1n) is 27.6. The number of amides is 1. The number of unbranched alkanes of at least 4 members (excludes halogenated alkanes) is 38. The summed E-state index contributed by atoms with van der Waals surface area (Å²) in [5.74, 6) is -0.137. The lowest BCUT2D eigenvalue weighted by Gasteiger charge is -2.20. The molecule has 0 aromatic rings. The molecule has 366 valence electrons. The third-order valence-corrected chi connectivity index (χ3v) is 12.7. The Kier molecular flexibility index (Phi) is 50.6. The number of esters is 1. The minimum atomic E-state index is -0.866. The number of allylic oxidation sites excluding steroid dienone is 3. The van der Waals surface area contributed by atoms with Gasteiger partial charge in [-0.1, -0.05) is 250 Å². The molecule has 0 spiro atoms. The number of carbonyl (C=O) groups excluding carboxylic acids is 2. The van der Waals surface area contributed by atoms with Gasteiger partial charge >= 0.3 is 5.97 Å². The SMILES string of the molecule is CCCCCCCCCCCCCCCCCCCCC/C=C/C(O)C(CO)NC(=O)CCCCCC/C=C\CCCCOC(=O)CCCCCCCCCCCCCCCC. The Hall–Kier alpha value is -1.66. The van der Waals surface area contributed by atoms with Gasteiger partial charge in [-0.05, 0) is 57.8 Å². The van der Waals surface area contributed by atoms with E-state index in [1.54, 1.807) is 6.08 Å². The van der Waals surface area contributed by atoms with Crippen LogP contribution in [0, 0.1) is 0 Å². The molecule has 0 saturated carbocycles. The van der Waals surface area contributed by atoms with E-state index in [4.69, 9.17) is 4.74 Å². The molecule has 0 aromatic carbocycles.